The molecular weight excluding hydrogens is 238 g/mol. The molecular formula is C16H11NO2. The van der Waals surface area contributed by atoms with Gasteiger partial charge in [-0.25, -0.2) is 9.78 Å². The minimum atomic E-state index is -1.01. The van der Waals surface area contributed by atoms with Crippen LogP contribution in [0.2, 0.25) is 0 Å². The molecule has 0 spiro atoms. The zero-order valence-corrected chi connectivity index (χ0v) is 10.1. The smallest absolute Gasteiger partial charge is 0.355 e. The van der Waals surface area contributed by atoms with Gasteiger partial charge in [-0.2, -0.15) is 0 Å². The Morgan fingerprint density at radius 1 is 0.895 bits per heavy atom. The predicted octanol–water partition coefficient (Wildman–Crippen LogP) is 3.60. The molecule has 0 aliphatic rings. The van der Waals surface area contributed by atoms with Gasteiger partial charge in [0, 0.05) is 11.8 Å². The molecule has 0 radical (unpaired) electrons. The minimum absolute atomic E-state index is 0.0823. The molecule has 0 bridgehead atoms. The highest BCUT2D eigenvalue weighted by Crippen LogP contribution is 2.30. The zero-order chi connectivity index (χ0) is 13.2. The number of rotatable bonds is 2. The fourth-order valence-corrected chi connectivity index (χ4v) is 2.25. The second-order valence-corrected chi connectivity index (χ2v) is 4.23. The molecule has 0 aliphatic heterocycles. The molecule has 0 fully saturated rings. The van der Waals surface area contributed by atoms with Gasteiger partial charge in [0.05, 0.1) is 0 Å². The van der Waals surface area contributed by atoms with Crippen molar-refractivity contribution in [3.63, 3.8) is 0 Å². The largest absolute Gasteiger partial charge is 0.476 e. The molecule has 1 heterocycles. The van der Waals surface area contributed by atoms with Gasteiger partial charge >= 0.3 is 5.97 Å². The lowest BCUT2D eigenvalue weighted by Gasteiger charge is -2.08. The van der Waals surface area contributed by atoms with Crippen LogP contribution in [0.5, 0.6) is 0 Å². The Bertz CT molecular complexity index is 760. The third-order valence-electron chi connectivity index (χ3n) is 3.09. The van der Waals surface area contributed by atoms with Gasteiger partial charge < -0.3 is 5.11 Å². The summed E-state index contributed by atoms with van der Waals surface area (Å²) in [6, 6.07) is 17.3. The molecule has 19 heavy (non-hydrogen) atoms. The first-order valence-corrected chi connectivity index (χ1v) is 5.94. The fraction of sp³-hybridized carbons (Fsp3) is 0. The van der Waals surface area contributed by atoms with Crippen LogP contribution >= 0.6 is 0 Å². The van der Waals surface area contributed by atoms with Crippen LogP contribution in [-0.4, -0.2) is 16.1 Å². The van der Waals surface area contributed by atoms with E-state index in [4.69, 9.17) is 0 Å². The van der Waals surface area contributed by atoms with E-state index in [1.54, 1.807) is 12.1 Å². The van der Waals surface area contributed by atoms with Crippen LogP contribution in [-0.2, 0) is 0 Å². The minimum Gasteiger partial charge on any atom is -0.476 e. The van der Waals surface area contributed by atoms with Crippen molar-refractivity contribution in [3.8, 4) is 11.1 Å². The number of hydrogen-bond donors (Lipinski definition) is 1. The molecule has 3 nitrogen and oxygen atoms in total. The van der Waals surface area contributed by atoms with Crippen molar-refractivity contribution in [1.29, 1.82) is 0 Å². The van der Waals surface area contributed by atoms with Crippen LogP contribution < -0.4 is 0 Å². The van der Waals surface area contributed by atoms with E-state index in [2.05, 4.69) is 4.98 Å². The summed E-state index contributed by atoms with van der Waals surface area (Å²) in [6.45, 7) is 0. The first kappa shape index (κ1) is 11.4. The van der Waals surface area contributed by atoms with E-state index in [0.29, 0.717) is 5.56 Å². The molecule has 0 saturated carbocycles. The number of nitrogens with zero attached hydrogens (tertiary/aromatic N) is 1. The first-order chi connectivity index (χ1) is 9.27. The topological polar surface area (TPSA) is 50.2 Å². The first-order valence-electron chi connectivity index (χ1n) is 5.94. The molecule has 3 heteroatoms. The molecule has 92 valence electrons. The summed E-state index contributed by atoms with van der Waals surface area (Å²) in [5.41, 5.74) is 1.62. The monoisotopic (exact) mass is 249 g/mol. The van der Waals surface area contributed by atoms with Gasteiger partial charge in [-0.1, -0.05) is 48.5 Å². The van der Waals surface area contributed by atoms with E-state index in [9.17, 15) is 9.90 Å². The maximum atomic E-state index is 11.3. The van der Waals surface area contributed by atoms with E-state index in [0.717, 1.165) is 16.3 Å². The molecule has 3 rings (SSSR count). The van der Waals surface area contributed by atoms with E-state index in [1.807, 2.05) is 42.5 Å². The van der Waals surface area contributed by atoms with E-state index < -0.39 is 5.97 Å². The maximum Gasteiger partial charge on any atom is 0.355 e. The van der Waals surface area contributed by atoms with Crippen LogP contribution in [0.25, 0.3) is 21.9 Å². The maximum absolute atomic E-state index is 11.3. The fourth-order valence-electron chi connectivity index (χ4n) is 2.25. The summed E-state index contributed by atoms with van der Waals surface area (Å²) in [4.78, 5) is 15.2. The molecule has 3 aromatic rings. The van der Waals surface area contributed by atoms with Crippen molar-refractivity contribution in [2.75, 3.05) is 0 Å². The van der Waals surface area contributed by atoms with Crippen molar-refractivity contribution in [1.82, 2.24) is 4.98 Å². The lowest BCUT2D eigenvalue weighted by molar-refractivity contribution is 0.0691. The Balaban J connectivity index is 2.34. The number of carbonyl (C=O) groups is 1. The molecule has 0 aliphatic carbocycles. The van der Waals surface area contributed by atoms with Gasteiger partial charge in [0.25, 0.3) is 0 Å². The SMILES string of the molecule is O=C(O)c1ncccc1-c1cccc2ccccc12. The van der Waals surface area contributed by atoms with Crippen molar-refractivity contribution < 1.29 is 9.90 Å². The average molecular weight is 249 g/mol. The number of fused-ring (bicyclic) bond motifs is 1. The van der Waals surface area contributed by atoms with Crippen molar-refractivity contribution in [2.24, 2.45) is 0 Å². The third kappa shape index (κ3) is 1.95. The van der Waals surface area contributed by atoms with Gasteiger partial charge in [0.15, 0.2) is 5.69 Å². The lowest BCUT2D eigenvalue weighted by Crippen LogP contribution is -2.02. The Morgan fingerprint density at radius 2 is 1.63 bits per heavy atom. The van der Waals surface area contributed by atoms with E-state index in [-0.39, 0.29) is 5.69 Å². The normalized spacial score (nSPS) is 10.5. The molecule has 0 atom stereocenters. The highest BCUT2D eigenvalue weighted by atomic mass is 16.4. The van der Waals surface area contributed by atoms with Crippen molar-refractivity contribution in [3.05, 3.63) is 66.5 Å². The number of carboxylic acid groups (broad SMARTS) is 1. The Morgan fingerprint density at radius 3 is 2.47 bits per heavy atom. The van der Waals surface area contributed by atoms with E-state index >= 15 is 0 Å². The van der Waals surface area contributed by atoms with Crippen LogP contribution in [0.15, 0.2) is 60.8 Å². The summed E-state index contributed by atoms with van der Waals surface area (Å²) in [5.74, 6) is -1.01. The Labute approximate surface area is 110 Å². The molecule has 1 N–H and O–H groups in total. The van der Waals surface area contributed by atoms with Crippen molar-refractivity contribution in [2.45, 2.75) is 0 Å². The third-order valence-corrected chi connectivity index (χ3v) is 3.09. The summed E-state index contributed by atoms with van der Waals surface area (Å²) in [5, 5.41) is 11.3. The molecule has 0 saturated heterocycles. The molecule has 0 amide bonds. The molecule has 0 unspecified atom stereocenters. The summed E-state index contributed by atoms with van der Waals surface area (Å²) >= 11 is 0. The Kier molecular flexibility index (Phi) is 2.72. The quantitative estimate of drug-likeness (QED) is 0.754. The standard InChI is InChI=1S/C16H11NO2/c18-16(19)15-14(9-4-10-17-15)13-8-3-6-11-5-1-2-7-12(11)13/h1-10H,(H,18,19). The predicted molar refractivity (Wildman–Crippen MR) is 74.1 cm³/mol. The highest BCUT2D eigenvalue weighted by Gasteiger charge is 2.14. The number of hydrogen-bond acceptors (Lipinski definition) is 2. The Hall–Kier alpha value is -2.68. The number of carboxylic acids is 1. The number of benzene rings is 2. The van der Waals surface area contributed by atoms with E-state index in [1.165, 1.54) is 6.20 Å². The summed E-state index contributed by atoms with van der Waals surface area (Å²) in [6.07, 6.45) is 1.50. The second kappa shape index (κ2) is 4.53. The number of aromatic nitrogens is 1. The lowest BCUT2D eigenvalue weighted by atomic mass is 9.97. The molecule has 2 aromatic carbocycles. The summed E-state index contributed by atoms with van der Waals surface area (Å²) in [7, 11) is 0. The average Bonchev–Trinajstić information content (AvgIpc) is 2.46. The zero-order valence-electron chi connectivity index (χ0n) is 10.1. The van der Waals surface area contributed by atoms with Gasteiger partial charge in [-0.3, -0.25) is 0 Å². The number of aromatic carboxylic acids is 1. The molecule has 1 aromatic heterocycles. The van der Waals surface area contributed by atoms with Crippen LogP contribution in [0.4, 0.5) is 0 Å². The van der Waals surface area contributed by atoms with Gasteiger partial charge in [-0.15, -0.1) is 0 Å². The van der Waals surface area contributed by atoms with Gasteiger partial charge in [0.1, 0.15) is 0 Å². The van der Waals surface area contributed by atoms with Crippen LogP contribution in [0, 0.1) is 0 Å². The summed E-state index contributed by atoms with van der Waals surface area (Å²) < 4.78 is 0. The highest BCUT2D eigenvalue weighted by molar-refractivity contribution is 6.02. The van der Waals surface area contributed by atoms with Crippen LogP contribution in [0.1, 0.15) is 10.5 Å². The van der Waals surface area contributed by atoms with Gasteiger partial charge in [0.2, 0.25) is 0 Å². The second-order valence-electron chi connectivity index (χ2n) is 4.23. The van der Waals surface area contributed by atoms with Crippen molar-refractivity contribution >= 4 is 16.7 Å². The number of pyridine rings is 1. The van der Waals surface area contributed by atoms with Crippen LogP contribution in [0.3, 0.4) is 0 Å². The van der Waals surface area contributed by atoms with Gasteiger partial charge in [-0.05, 0) is 22.4 Å².